The van der Waals surface area contributed by atoms with Crippen LogP contribution in [0.3, 0.4) is 0 Å². The van der Waals surface area contributed by atoms with Crippen molar-refractivity contribution in [2.45, 2.75) is 26.4 Å². The first-order chi connectivity index (χ1) is 13.7. The van der Waals surface area contributed by atoms with Gasteiger partial charge in [-0.25, -0.2) is 4.79 Å². The minimum Gasteiger partial charge on any atom is -0.444 e. The lowest BCUT2D eigenvalue weighted by Gasteiger charge is -2.19. The Balaban J connectivity index is 1.65. The second-order valence-corrected chi connectivity index (χ2v) is 8.74. The lowest BCUT2D eigenvalue weighted by molar-refractivity contribution is -0.110. The molecule has 2 aromatic carbocycles. The van der Waals surface area contributed by atoms with Gasteiger partial charge in [-0.3, -0.25) is 15.2 Å². The number of halogens is 1. The number of H-pyrrole nitrogens is 1. The van der Waals surface area contributed by atoms with Crippen LogP contribution in [0.1, 0.15) is 31.9 Å². The average molecular weight is 502 g/mol. The van der Waals surface area contributed by atoms with E-state index < -0.39 is 11.7 Å². The summed E-state index contributed by atoms with van der Waals surface area (Å²) in [7, 11) is 0. The smallest absolute Gasteiger partial charge is 0.412 e. The molecule has 0 aliphatic carbocycles. The Morgan fingerprint density at radius 1 is 1.21 bits per heavy atom. The molecule has 0 saturated carbocycles. The van der Waals surface area contributed by atoms with Gasteiger partial charge >= 0.3 is 6.09 Å². The fraction of sp³-hybridized carbons (Fsp3) is 0.190. The number of nitrogens with zero attached hydrogens (tertiary/aromatic N) is 1. The summed E-state index contributed by atoms with van der Waals surface area (Å²) >= 11 is 2.17. The maximum atomic E-state index is 12.5. The van der Waals surface area contributed by atoms with Crippen molar-refractivity contribution in [3.8, 4) is 0 Å². The van der Waals surface area contributed by atoms with Crippen molar-refractivity contribution in [2.24, 2.45) is 0 Å². The third-order valence-electron chi connectivity index (χ3n) is 4.30. The molecule has 0 fully saturated rings. The number of aromatic nitrogens is 2. The van der Waals surface area contributed by atoms with Gasteiger partial charge in [-0.1, -0.05) is 6.07 Å². The topological polar surface area (TPSA) is 96.1 Å². The summed E-state index contributed by atoms with van der Waals surface area (Å²) in [5.41, 5.74) is 3.70. The Kier molecular flexibility index (Phi) is 4.81. The zero-order valence-corrected chi connectivity index (χ0v) is 18.2. The van der Waals surface area contributed by atoms with Gasteiger partial charge in [0, 0.05) is 27.9 Å². The summed E-state index contributed by atoms with van der Waals surface area (Å²) in [6.45, 7) is 5.41. The van der Waals surface area contributed by atoms with Gasteiger partial charge in [-0.15, -0.1) is 0 Å². The highest BCUT2D eigenvalue weighted by Crippen LogP contribution is 2.35. The van der Waals surface area contributed by atoms with E-state index in [1.54, 1.807) is 39.0 Å². The molecule has 2 amide bonds. The first-order valence-electron chi connectivity index (χ1n) is 9.01. The number of benzene rings is 2. The molecule has 148 valence electrons. The number of ether oxygens (including phenoxy) is 1. The van der Waals surface area contributed by atoms with Gasteiger partial charge in [0.25, 0.3) is 5.91 Å². The Hall–Kier alpha value is -2.88. The van der Waals surface area contributed by atoms with Gasteiger partial charge in [0.1, 0.15) is 9.30 Å². The van der Waals surface area contributed by atoms with E-state index in [1.165, 1.54) is 0 Å². The first-order valence-corrected chi connectivity index (χ1v) is 10.1. The maximum Gasteiger partial charge on any atom is 0.412 e. The SMILES string of the molecule is CC(C)(C)OC(=O)Nc1ccc2c(c1)/C(=C\c1ccc3c(I)n[nH]c3c1)C(=O)N2. The second-order valence-electron chi connectivity index (χ2n) is 7.72. The van der Waals surface area contributed by atoms with Crippen molar-refractivity contribution in [3.63, 3.8) is 0 Å². The quantitative estimate of drug-likeness (QED) is 0.339. The second kappa shape index (κ2) is 7.18. The first kappa shape index (κ1) is 19.4. The highest BCUT2D eigenvalue weighted by molar-refractivity contribution is 14.1. The van der Waals surface area contributed by atoms with Crippen LogP contribution < -0.4 is 10.6 Å². The van der Waals surface area contributed by atoms with E-state index in [2.05, 4.69) is 43.4 Å². The Labute approximate surface area is 181 Å². The zero-order valence-electron chi connectivity index (χ0n) is 16.1. The molecule has 1 aliphatic heterocycles. The average Bonchev–Trinajstić information content (AvgIpc) is 3.14. The number of aromatic amines is 1. The molecule has 0 atom stereocenters. The lowest BCUT2D eigenvalue weighted by Crippen LogP contribution is -2.27. The molecule has 0 bridgehead atoms. The molecule has 7 nitrogen and oxygen atoms in total. The standard InChI is InChI=1S/C21H19IN4O3/c1-21(2,3)29-20(28)23-12-5-7-16-14(10-12)15(19(27)24-16)8-11-4-6-13-17(9-11)25-26-18(13)22/h4-10H,1-3H3,(H,23,28)(H,24,27)(H,25,26)/b15-8+. The molecule has 1 aromatic heterocycles. The molecule has 0 unspecified atom stereocenters. The summed E-state index contributed by atoms with van der Waals surface area (Å²) < 4.78 is 6.19. The molecule has 2 heterocycles. The fourth-order valence-corrected chi connectivity index (χ4v) is 3.68. The number of carbonyl (C=O) groups is 2. The highest BCUT2D eigenvalue weighted by Gasteiger charge is 2.25. The van der Waals surface area contributed by atoms with Crippen LogP contribution in [-0.2, 0) is 9.53 Å². The van der Waals surface area contributed by atoms with E-state index >= 15 is 0 Å². The van der Waals surface area contributed by atoms with Crippen LogP contribution in [0.25, 0.3) is 22.6 Å². The fourth-order valence-electron chi connectivity index (χ4n) is 3.09. The summed E-state index contributed by atoms with van der Waals surface area (Å²) in [6.07, 6.45) is 1.28. The van der Waals surface area contributed by atoms with Crippen molar-refractivity contribution >= 4 is 68.5 Å². The van der Waals surface area contributed by atoms with E-state index in [1.807, 2.05) is 24.3 Å². The molecule has 3 aromatic rings. The summed E-state index contributed by atoms with van der Waals surface area (Å²) in [5.74, 6) is -0.186. The van der Waals surface area contributed by atoms with Crippen LogP contribution >= 0.6 is 22.6 Å². The third kappa shape index (κ3) is 4.12. The third-order valence-corrected chi connectivity index (χ3v) is 5.12. The number of fused-ring (bicyclic) bond motifs is 2. The van der Waals surface area contributed by atoms with E-state index in [4.69, 9.17) is 4.74 Å². The van der Waals surface area contributed by atoms with Crippen LogP contribution in [0.4, 0.5) is 16.2 Å². The van der Waals surface area contributed by atoms with Crippen LogP contribution in [0, 0.1) is 3.70 Å². The molecule has 0 saturated heterocycles. The number of amides is 2. The van der Waals surface area contributed by atoms with Crippen molar-refractivity contribution in [3.05, 3.63) is 51.2 Å². The Morgan fingerprint density at radius 3 is 2.76 bits per heavy atom. The number of anilines is 2. The van der Waals surface area contributed by atoms with Gasteiger partial charge in [-0.2, -0.15) is 5.10 Å². The van der Waals surface area contributed by atoms with E-state index in [0.29, 0.717) is 16.9 Å². The number of hydrogen-bond donors (Lipinski definition) is 3. The van der Waals surface area contributed by atoms with E-state index in [0.717, 1.165) is 25.7 Å². The molecule has 1 aliphatic rings. The van der Waals surface area contributed by atoms with Crippen molar-refractivity contribution < 1.29 is 14.3 Å². The number of nitrogens with one attached hydrogen (secondary N) is 3. The Morgan fingerprint density at radius 2 is 2.00 bits per heavy atom. The zero-order chi connectivity index (χ0) is 20.8. The lowest BCUT2D eigenvalue weighted by atomic mass is 10.0. The molecular formula is C21H19IN4O3. The van der Waals surface area contributed by atoms with Crippen molar-refractivity contribution in [1.82, 2.24) is 10.2 Å². The normalized spacial score (nSPS) is 14.8. The molecule has 3 N–H and O–H groups in total. The van der Waals surface area contributed by atoms with Gasteiger partial charge in [-0.05, 0) is 85.3 Å². The summed E-state index contributed by atoms with van der Waals surface area (Å²) in [5, 5.41) is 13.8. The van der Waals surface area contributed by atoms with E-state index in [9.17, 15) is 9.59 Å². The number of hydrogen-bond acceptors (Lipinski definition) is 4. The van der Waals surface area contributed by atoms with E-state index in [-0.39, 0.29) is 5.91 Å². The van der Waals surface area contributed by atoms with Crippen molar-refractivity contribution in [1.29, 1.82) is 0 Å². The molecule has 29 heavy (non-hydrogen) atoms. The largest absolute Gasteiger partial charge is 0.444 e. The molecule has 8 heteroatoms. The minimum absolute atomic E-state index is 0.186. The molecule has 0 spiro atoms. The van der Waals surface area contributed by atoms with Crippen LogP contribution in [0.5, 0.6) is 0 Å². The molecule has 0 radical (unpaired) electrons. The maximum absolute atomic E-state index is 12.5. The van der Waals surface area contributed by atoms with Gasteiger partial charge in [0.15, 0.2) is 0 Å². The van der Waals surface area contributed by atoms with Crippen LogP contribution in [0.2, 0.25) is 0 Å². The van der Waals surface area contributed by atoms with Gasteiger partial charge in [0.2, 0.25) is 0 Å². The number of rotatable bonds is 2. The summed E-state index contributed by atoms with van der Waals surface area (Å²) in [4.78, 5) is 24.6. The highest BCUT2D eigenvalue weighted by atomic mass is 127. The number of carbonyl (C=O) groups excluding carboxylic acids is 2. The minimum atomic E-state index is -0.591. The summed E-state index contributed by atoms with van der Waals surface area (Å²) in [6, 6.07) is 11.1. The molecule has 4 rings (SSSR count). The van der Waals surface area contributed by atoms with Crippen LogP contribution in [0.15, 0.2) is 36.4 Å². The Bertz CT molecular complexity index is 1170. The predicted molar refractivity (Wildman–Crippen MR) is 122 cm³/mol. The monoisotopic (exact) mass is 502 g/mol. The van der Waals surface area contributed by atoms with Crippen molar-refractivity contribution in [2.75, 3.05) is 10.6 Å². The van der Waals surface area contributed by atoms with Gasteiger partial charge < -0.3 is 10.1 Å². The predicted octanol–water partition coefficient (Wildman–Crippen LogP) is 5.01. The van der Waals surface area contributed by atoms with Gasteiger partial charge in [0.05, 0.1) is 5.52 Å². The van der Waals surface area contributed by atoms with Crippen LogP contribution in [-0.4, -0.2) is 27.8 Å². The molecular weight excluding hydrogens is 483 g/mol.